The molecule has 0 amide bonds. The molecule has 32 heavy (non-hydrogen) atoms. The minimum atomic E-state index is 0.431. The van der Waals surface area contributed by atoms with E-state index in [1.807, 2.05) is 36.4 Å². The zero-order chi connectivity index (χ0) is 21.8. The predicted octanol–water partition coefficient (Wildman–Crippen LogP) is 4.25. The Hall–Kier alpha value is -3.80. The summed E-state index contributed by atoms with van der Waals surface area (Å²) < 4.78 is 10.9. The van der Waals surface area contributed by atoms with E-state index in [0.29, 0.717) is 11.6 Å². The molecule has 0 bridgehead atoms. The Balaban J connectivity index is 1.52. The molecule has 8 nitrogen and oxygen atoms in total. The van der Waals surface area contributed by atoms with E-state index in [-0.39, 0.29) is 0 Å². The van der Waals surface area contributed by atoms with Crippen molar-refractivity contribution in [3.05, 3.63) is 66.5 Å². The summed E-state index contributed by atoms with van der Waals surface area (Å²) in [6.07, 6.45) is 3.10. The molecule has 1 fully saturated rings. The van der Waals surface area contributed by atoms with Gasteiger partial charge in [-0.05, 0) is 23.3 Å². The molecule has 3 heterocycles. The maximum atomic E-state index is 7.16. The molecule has 0 saturated carbocycles. The molecule has 0 spiro atoms. The van der Waals surface area contributed by atoms with Crippen molar-refractivity contribution in [2.45, 2.75) is 0 Å². The van der Waals surface area contributed by atoms with E-state index in [1.54, 1.807) is 6.20 Å². The predicted molar refractivity (Wildman–Crippen MR) is 122 cm³/mol. The zero-order valence-corrected chi connectivity index (χ0v) is 17.5. The van der Waals surface area contributed by atoms with Gasteiger partial charge in [0.2, 0.25) is 6.39 Å². The zero-order valence-electron chi connectivity index (χ0n) is 17.5. The largest absolute Gasteiger partial charge is 0.423 e. The van der Waals surface area contributed by atoms with Crippen molar-refractivity contribution in [3.8, 4) is 22.6 Å². The second-order valence-corrected chi connectivity index (χ2v) is 7.56. The summed E-state index contributed by atoms with van der Waals surface area (Å²) in [5.74, 6) is 0.431. The van der Waals surface area contributed by atoms with E-state index in [0.717, 1.165) is 72.7 Å². The number of hydrogen-bond donors (Lipinski definition) is 1. The van der Waals surface area contributed by atoms with Crippen LogP contribution in [0.1, 0.15) is 0 Å². The standard InChI is InChI=1S/C24H22N6O2/c1-25-19-5-2-17(3-6-19)18-4-7-22-20(14-18)23(21(15-27-22)24-29-28-16-32-24)26-8-9-30-10-12-31-13-11-30/h2-7,14-16H,8-13H2,(H,26,27). The van der Waals surface area contributed by atoms with Crippen LogP contribution in [0.3, 0.4) is 0 Å². The fraction of sp³-hybridized carbons (Fsp3) is 0.250. The van der Waals surface area contributed by atoms with Crippen molar-refractivity contribution in [2.75, 3.05) is 44.7 Å². The number of rotatable bonds is 6. The number of aromatic nitrogens is 3. The fourth-order valence-corrected chi connectivity index (χ4v) is 3.91. The Bertz CT molecular complexity index is 1240. The molecule has 0 aliphatic carbocycles. The summed E-state index contributed by atoms with van der Waals surface area (Å²) in [6, 6.07) is 13.8. The van der Waals surface area contributed by atoms with Gasteiger partial charge in [-0.2, -0.15) is 0 Å². The van der Waals surface area contributed by atoms with Crippen LogP contribution in [-0.4, -0.2) is 59.5 Å². The lowest BCUT2D eigenvalue weighted by Gasteiger charge is -2.27. The van der Waals surface area contributed by atoms with E-state index in [2.05, 4.69) is 36.3 Å². The Labute approximate surface area is 185 Å². The number of fused-ring (bicyclic) bond motifs is 1. The highest BCUT2D eigenvalue weighted by Crippen LogP contribution is 2.35. The van der Waals surface area contributed by atoms with Gasteiger partial charge in [0.05, 0.1) is 36.6 Å². The second-order valence-electron chi connectivity index (χ2n) is 7.56. The Morgan fingerprint density at radius 1 is 1.06 bits per heavy atom. The van der Waals surface area contributed by atoms with Crippen molar-refractivity contribution in [3.63, 3.8) is 0 Å². The van der Waals surface area contributed by atoms with E-state index in [1.165, 1.54) is 6.39 Å². The molecule has 1 N–H and O–H groups in total. The lowest BCUT2D eigenvalue weighted by Crippen LogP contribution is -2.39. The van der Waals surface area contributed by atoms with Crippen LogP contribution in [0, 0.1) is 6.57 Å². The molecule has 2 aromatic carbocycles. The van der Waals surface area contributed by atoms with Gasteiger partial charge < -0.3 is 14.5 Å². The minimum Gasteiger partial charge on any atom is -0.423 e. The van der Waals surface area contributed by atoms with Crippen molar-refractivity contribution in [2.24, 2.45) is 0 Å². The third kappa shape index (κ3) is 4.17. The van der Waals surface area contributed by atoms with Crippen molar-refractivity contribution < 1.29 is 9.15 Å². The van der Waals surface area contributed by atoms with Gasteiger partial charge in [-0.15, -0.1) is 10.2 Å². The first-order valence-electron chi connectivity index (χ1n) is 10.5. The lowest BCUT2D eigenvalue weighted by molar-refractivity contribution is 0.0398. The van der Waals surface area contributed by atoms with Gasteiger partial charge in [-0.1, -0.05) is 30.3 Å². The highest BCUT2D eigenvalue weighted by atomic mass is 16.5. The minimum absolute atomic E-state index is 0.431. The number of pyridine rings is 1. The Morgan fingerprint density at radius 3 is 2.62 bits per heavy atom. The molecule has 0 radical (unpaired) electrons. The number of benzene rings is 2. The van der Waals surface area contributed by atoms with Crippen LogP contribution in [0.15, 0.2) is 59.5 Å². The second kappa shape index (κ2) is 9.14. The molecule has 160 valence electrons. The normalized spacial score (nSPS) is 14.3. The third-order valence-corrected chi connectivity index (χ3v) is 5.62. The summed E-state index contributed by atoms with van der Waals surface area (Å²) in [5.41, 5.74) is 5.30. The number of nitrogens with zero attached hydrogens (tertiary/aromatic N) is 5. The van der Waals surface area contributed by atoms with Crippen molar-refractivity contribution in [1.29, 1.82) is 0 Å². The van der Waals surface area contributed by atoms with Gasteiger partial charge in [0.15, 0.2) is 5.69 Å². The van der Waals surface area contributed by atoms with E-state index in [9.17, 15) is 0 Å². The molecule has 5 rings (SSSR count). The molecule has 2 aromatic heterocycles. The van der Waals surface area contributed by atoms with Gasteiger partial charge >= 0.3 is 0 Å². The number of anilines is 1. The first-order valence-corrected chi connectivity index (χ1v) is 10.5. The van der Waals surface area contributed by atoms with Gasteiger partial charge in [-0.25, -0.2) is 4.85 Å². The van der Waals surface area contributed by atoms with Gasteiger partial charge in [-0.3, -0.25) is 9.88 Å². The molecular formula is C24H22N6O2. The van der Waals surface area contributed by atoms with Crippen molar-refractivity contribution in [1.82, 2.24) is 20.1 Å². The monoisotopic (exact) mass is 426 g/mol. The van der Waals surface area contributed by atoms with Gasteiger partial charge in [0.25, 0.3) is 5.89 Å². The molecule has 8 heteroatoms. The number of hydrogen-bond acceptors (Lipinski definition) is 7. The van der Waals surface area contributed by atoms with Gasteiger partial charge in [0.1, 0.15) is 0 Å². The van der Waals surface area contributed by atoms with E-state index in [4.69, 9.17) is 15.7 Å². The smallest absolute Gasteiger partial charge is 0.251 e. The Morgan fingerprint density at radius 2 is 1.88 bits per heavy atom. The highest BCUT2D eigenvalue weighted by molar-refractivity contribution is 6.00. The molecule has 0 atom stereocenters. The quantitative estimate of drug-likeness (QED) is 0.462. The van der Waals surface area contributed by atoms with Crippen LogP contribution in [0.2, 0.25) is 0 Å². The maximum Gasteiger partial charge on any atom is 0.251 e. The third-order valence-electron chi connectivity index (χ3n) is 5.62. The molecule has 4 aromatic rings. The number of ether oxygens (including phenoxy) is 1. The summed E-state index contributed by atoms with van der Waals surface area (Å²) >= 11 is 0. The Kier molecular flexibility index (Phi) is 5.75. The lowest BCUT2D eigenvalue weighted by atomic mass is 10.0. The average Bonchev–Trinajstić information content (AvgIpc) is 3.39. The van der Waals surface area contributed by atoms with E-state index >= 15 is 0 Å². The topological polar surface area (TPSA) is 80.7 Å². The maximum absolute atomic E-state index is 7.16. The summed E-state index contributed by atoms with van der Waals surface area (Å²) in [6.45, 7) is 12.3. The highest BCUT2D eigenvalue weighted by Gasteiger charge is 2.16. The van der Waals surface area contributed by atoms with Crippen LogP contribution in [0.4, 0.5) is 11.4 Å². The first kappa shape index (κ1) is 20.1. The molecule has 1 saturated heterocycles. The number of nitrogens with one attached hydrogen (secondary N) is 1. The summed E-state index contributed by atoms with van der Waals surface area (Å²) in [4.78, 5) is 10.5. The van der Waals surface area contributed by atoms with Crippen molar-refractivity contribution >= 4 is 22.3 Å². The fourth-order valence-electron chi connectivity index (χ4n) is 3.91. The van der Waals surface area contributed by atoms with Crippen LogP contribution in [0.25, 0.3) is 38.3 Å². The first-order chi connectivity index (χ1) is 15.8. The van der Waals surface area contributed by atoms with Crippen LogP contribution in [-0.2, 0) is 4.74 Å². The van der Waals surface area contributed by atoms with Crippen LogP contribution < -0.4 is 5.32 Å². The van der Waals surface area contributed by atoms with Crippen LogP contribution >= 0.6 is 0 Å². The van der Waals surface area contributed by atoms with E-state index < -0.39 is 0 Å². The summed E-state index contributed by atoms with van der Waals surface area (Å²) in [5, 5.41) is 12.5. The molecule has 0 unspecified atom stereocenters. The average molecular weight is 426 g/mol. The number of morpholine rings is 1. The molecule has 1 aliphatic heterocycles. The van der Waals surface area contributed by atoms with Gasteiger partial charge in [0, 0.05) is 37.8 Å². The van der Waals surface area contributed by atoms with Crippen LogP contribution in [0.5, 0.6) is 0 Å². The molecule has 1 aliphatic rings. The SMILES string of the molecule is [C-]#[N+]c1ccc(-c2ccc3ncc(-c4nnco4)c(NCCN4CCOCC4)c3c2)cc1. The summed E-state index contributed by atoms with van der Waals surface area (Å²) in [7, 11) is 0. The molecular weight excluding hydrogens is 404 g/mol.